The molecule has 1 aromatic heterocycles. The molecule has 0 radical (unpaired) electrons. The minimum absolute atomic E-state index is 0.138. The first-order chi connectivity index (χ1) is 13.6. The van der Waals surface area contributed by atoms with Crippen LogP contribution in [-0.2, 0) is 0 Å². The average molecular weight is 377 g/mol. The number of rotatable bonds is 7. The highest BCUT2D eigenvalue weighted by Crippen LogP contribution is 2.22. The second-order valence-electron chi connectivity index (χ2n) is 6.30. The molecule has 2 amide bonds. The molecule has 0 unspecified atom stereocenters. The van der Waals surface area contributed by atoms with Crippen LogP contribution in [0.4, 0.5) is 16.2 Å². The van der Waals surface area contributed by atoms with E-state index < -0.39 is 0 Å². The van der Waals surface area contributed by atoms with Crippen LogP contribution in [0.3, 0.4) is 0 Å². The summed E-state index contributed by atoms with van der Waals surface area (Å²) in [6.45, 7) is 2.57. The molecule has 0 fully saturated rings. The van der Waals surface area contributed by atoms with E-state index in [1.807, 2.05) is 37.4 Å². The number of urea groups is 1. The van der Waals surface area contributed by atoms with Crippen LogP contribution in [0.1, 0.15) is 6.92 Å². The first-order valence-corrected chi connectivity index (χ1v) is 8.98. The summed E-state index contributed by atoms with van der Waals surface area (Å²) in [4.78, 5) is 22.4. The second-order valence-corrected chi connectivity index (χ2v) is 6.30. The fourth-order valence-electron chi connectivity index (χ4n) is 2.57. The molecule has 144 valence electrons. The van der Waals surface area contributed by atoms with Crippen LogP contribution < -0.4 is 20.3 Å². The van der Waals surface area contributed by atoms with Gasteiger partial charge in [-0.05, 0) is 31.2 Å². The molecule has 7 nitrogen and oxygen atoms in total. The van der Waals surface area contributed by atoms with Crippen molar-refractivity contribution in [3.63, 3.8) is 0 Å². The third kappa shape index (κ3) is 5.44. The van der Waals surface area contributed by atoms with E-state index in [2.05, 4.69) is 32.4 Å². The fraction of sp³-hybridized carbons (Fsp3) is 0.190. The van der Waals surface area contributed by atoms with Gasteiger partial charge in [0.15, 0.2) is 0 Å². The number of carbonyl (C=O) groups is 1. The Morgan fingerprint density at radius 1 is 1.14 bits per heavy atom. The number of para-hydroxylation sites is 1. The predicted molar refractivity (Wildman–Crippen MR) is 110 cm³/mol. The molecule has 0 saturated heterocycles. The van der Waals surface area contributed by atoms with Crippen molar-refractivity contribution in [1.82, 2.24) is 15.3 Å². The number of benzene rings is 2. The zero-order valence-electron chi connectivity index (χ0n) is 15.9. The molecule has 1 atom stereocenters. The summed E-state index contributed by atoms with van der Waals surface area (Å²) in [7, 11) is 2.01. The Kier molecular flexibility index (Phi) is 6.41. The van der Waals surface area contributed by atoms with E-state index in [-0.39, 0.29) is 12.1 Å². The molecule has 0 aliphatic heterocycles. The molecule has 0 bridgehead atoms. The van der Waals surface area contributed by atoms with Crippen molar-refractivity contribution in [1.29, 1.82) is 0 Å². The quantitative estimate of drug-likeness (QED) is 0.652. The lowest BCUT2D eigenvalue weighted by molar-refractivity contribution is 0.251. The fourth-order valence-corrected chi connectivity index (χ4v) is 2.57. The first kappa shape index (κ1) is 19.2. The van der Waals surface area contributed by atoms with Gasteiger partial charge in [0.1, 0.15) is 5.75 Å². The molecule has 1 heterocycles. The van der Waals surface area contributed by atoms with Crippen LogP contribution in [0, 0.1) is 0 Å². The number of nitrogens with zero attached hydrogens (tertiary/aromatic N) is 3. The number of hydrogen-bond donors (Lipinski definition) is 2. The Labute approximate surface area is 164 Å². The Morgan fingerprint density at radius 3 is 2.71 bits per heavy atom. The molecule has 7 heteroatoms. The third-order valence-electron chi connectivity index (χ3n) is 4.24. The maximum absolute atomic E-state index is 12.2. The Morgan fingerprint density at radius 2 is 1.96 bits per heavy atom. The highest BCUT2D eigenvalue weighted by Gasteiger charge is 2.11. The molecule has 3 aromatic rings. The van der Waals surface area contributed by atoms with E-state index in [0.717, 1.165) is 5.69 Å². The van der Waals surface area contributed by atoms with Gasteiger partial charge in [0.2, 0.25) is 5.88 Å². The van der Waals surface area contributed by atoms with E-state index in [1.165, 1.54) is 6.20 Å². The number of ether oxygens (including phenoxy) is 1. The number of amides is 2. The van der Waals surface area contributed by atoms with Crippen LogP contribution in [0.5, 0.6) is 11.6 Å². The summed E-state index contributed by atoms with van der Waals surface area (Å²) in [6.07, 6.45) is 4.65. The van der Waals surface area contributed by atoms with Crippen LogP contribution in [0.15, 0.2) is 73.2 Å². The van der Waals surface area contributed by atoms with Crippen molar-refractivity contribution in [2.75, 3.05) is 23.8 Å². The second kappa shape index (κ2) is 9.36. The number of likely N-dealkylation sites (N-methyl/N-ethyl adjacent to an activating group) is 1. The Balaban J connectivity index is 1.51. The van der Waals surface area contributed by atoms with E-state index in [4.69, 9.17) is 4.74 Å². The summed E-state index contributed by atoms with van der Waals surface area (Å²) in [5, 5.41) is 5.71. The molecule has 0 spiro atoms. The topological polar surface area (TPSA) is 79.4 Å². The van der Waals surface area contributed by atoms with E-state index >= 15 is 0 Å². The smallest absolute Gasteiger partial charge is 0.319 e. The lowest BCUT2D eigenvalue weighted by Crippen LogP contribution is -2.41. The Bertz CT molecular complexity index is 890. The SMILES string of the molecule is C[C@@H](CNC(=O)Nc1cccc(Oc2cnccn2)c1)N(C)c1ccccc1. The zero-order chi connectivity index (χ0) is 19.8. The minimum atomic E-state index is -0.273. The molecule has 28 heavy (non-hydrogen) atoms. The van der Waals surface area contributed by atoms with Gasteiger partial charge in [-0.25, -0.2) is 9.78 Å². The van der Waals surface area contributed by atoms with Gasteiger partial charge in [-0.1, -0.05) is 24.3 Å². The number of anilines is 2. The summed E-state index contributed by atoms with van der Waals surface area (Å²) in [5.41, 5.74) is 1.73. The van der Waals surface area contributed by atoms with Gasteiger partial charge >= 0.3 is 6.03 Å². The molecule has 3 rings (SSSR count). The van der Waals surface area contributed by atoms with Gasteiger partial charge in [-0.15, -0.1) is 0 Å². The average Bonchev–Trinajstić information content (AvgIpc) is 2.73. The van der Waals surface area contributed by atoms with Crippen LogP contribution >= 0.6 is 0 Å². The van der Waals surface area contributed by atoms with Gasteiger partial charge < -0.3 is 20.3 Å². The summed E-state index contributed by atoms with van der Waals surface area (Å²) < 4.78 is 5.63. The van der Waals surface area contributed by atoms with Crippen LogP contribution in [0.25, 0.3) is 0 Å². The van der Waals surface area contributed by atoms with Gasteiger partial charge in [0.05, 0.1) is 6.20 Å². The lowest BCUT2D eigenvalue weighted by atomic mass is 10.2. The number of carbonyl (C=O) groups excluding carboxylic acids is 1. The lowest BCUT2D eigenvalue weighted by Gasteiger charge is -2.27. The van der Waals surface area contributed by atoms with Crippen molar-refractivity contribution in [2.45, 2.75) is 13.0 Å². The molecule has 2 N–H and O–H groups in total. The summed E-state index contributed by atoms with van der Waals surface area (Å²) in [6, 6.07) is 17.0. The number of nitrogens with one attached hydrogen (secondary N) is 2. The summed E-state index contributed by atoms with van der Waals surface area (Å²) >= 11 is 0. The largest absolute Gasteiger partial charge is 0.437 e. The summed E-state index contributed by atoms with van der Waals surface area (Å²) in [5.74, 6) is 0.956. The molecule has 2 aromatic carbocycles. The van der Waals surface area contributed by atoms with Crippen molar-refractivity contribution >= 4 is 17.4 Å². The highest BCUT2D eigenvalue weighted by atomic mass is 16.5. The first-order valence-electron chi connectivity index (χ1n) is 8.98. The monoisotopic (exact) mass is 377 g/mol. The van der Waals surface area contributed by atoms with Crippen molar-refractivity contribution in [3.05, 3.63) is 73.2 Å². The van der Waals surface area contributed by atoms with Crippen molar-refractivity contribution in [2.24, 2.45) is 0 Å². The molecular weight excluding hydrogens is 354 g/mol. The molecule has 0 saturated carbocycles. The van der Waals surface area contributed by atoms with E-state index in [0.29, 0.717) is 23.9 Å². The van der Waals surface area contributed by atoms with Crippen molar-refractivity contribution in [3.8, 4) is 11.6 Å². The van der Waals surface area contributed by atoms with Gasteiger partial charge in [-0.2, -0.15) is 0 Å². The van der Waals surface area contributed by atoms with Gasteiger partial charge in [0, 0.05) is 49.5 Å². The Hall–Kier alpha value is -3.61. The number of aromatic nitrogens is 2. The van der Waals surface area contributed by atoms with Gasteiger partial charge in [-0.3, -0.25) is 4.98 Å². The standard InChI is InChI=1S/C21H23N5O2/c1-16(26(2)18-8-4-3-5-9-18)14-24-21(27)25-17-7-6-10-19(13-17)28-20-15-22-11-12-23-20/h3-13,15-16H,14H2,1-2H3,(H2,24,25,27)/t16-/m0/s1. The normalized spacial score (nSPS) is 11.4. The highest BCUT2D eigenvalue weighted by molar-refractivity contribution is 5.89. The predicted octanol–water partition coefficient (Wildman–Crippen LogP) is 3.92. The van der Waals surface area contributed by atoms with Crippen LogP contribution in [-0.4, -0.2) is 35.6 Å². The number of hydrogen-bond acceptors (Lipinski definition) is 5. The molecule has 0 aliphatic carbocycles. The van der Waals surface area contributed by atoms with E-state index in [9.17, 15) is 4.79 Å². The molecule has 0 aliphatic rings. The maximum Gasteiger partial charge on any atom is 0.319 e. The molecular formula is C21H23N5O2. The van der Waals surface area contributed by atoms with Crippen LogP contribution in [0.2, 0.25) is 0 Å². The van der Waals surface area contributed by atoms with Gasteiger partial charge in [0.25, 0.3) is 0 Å². The maximum atomic E-state index is 12.2. The third-order valence-corrected chi connectivity index (χ3v) is 4.24. The van der Waals surface area contributed by atoms with Crippen molar-refractivity contribution < 1.29 is 9.53 Å². The zero-order valence-corrected chi connectivity index (χ0v) is 15.9. The van der Waals surface area contributed by atoms with E-state index in [1.54, 1.807) is 36.7 Å². The minimum Gasteiger partial charge on any atom is -0.437 e.